The van der Waals surface area contributed by atoms with Gasteiger partial charge in [-0.2, -0.15) is 5.26 Å². The lowest BCUT2D eigenvalue weighted by Crippen LogP contribution is -2.08. The lowest BCUT2D eigenvalue weighted by Gasteiger charge is -2.09. The number of nitriles is 1. The van der Waals surface area contributed by atoms with Crippen LogP contribution in [0.3, 0.4) is 0 Å². The first-order valence-electron chi connectivity index (χ1n) is 6.43. The highest BCUT2D eigenvalue weighted by Gasteiger charge is 2.10. The fourth-order valence-electron chi connectivity index (χ4n) is 1.93. The standard InChI is InChI=1S/C16H15N3O2/c1-11-14(16(20)21-2)6-7-15(19-11)18-10-13-5-3-4-12(8-13)9-17/h3-8H,10H2,1-2H3,(H,18,19). The summed E-state index contributed by atoms with van der Waals surface area (Å²) in [6.45, 7) is 2.31. The maximum atomic E-state index is 11.5. The lowest BCUT2D eigenvalue weighted by atomic mass is 10.1. The van der Waals surface area contributed by atoms with E-state index in [0.29, 0.717) is 29.2 Å². The Morgan fingerprint density at radius 3 is 2.86 bits per heavy atom. The second kappa shape index (κ2) is 6.53. The van der Waals surface area contributed by atoms with Crippen LogP contribution in [-0.2, 0) is 11.3 Å². The van der Waals surface area contributed by atoms with E-state index in [4.69, 9.17) is 5.26 Å². The van der Waals surface area contributed by atoms with E-state index in [1.54, 1.807) is 25.1 Å². The number of nitrogens with zero attached hydrogens (tertiary/aromatic N) is 2. The number of rotatable bonds is 4. The zero-order valence-electron chi connectivity index (χ0n) is 11.9. The molecule has 0 fully saturated rings. The van der Waals surface area contributed by atoms with Crippen LogP contribution in [0.5, 0.6) is 0 Å². The SMILES string of the molecule is COC(=O)c1ccc(NCc2cccc(C#N)c2)nc1C. The molecule has 1 heterocycles. The summed E-state index contributed by atoms with van der Waals surface area (Å²) in [6, 6.07) is 12.9. The summed E-state index contributed by atoms with van der Waals surface area (Å²) in [6.07, 6.45) is 0. The van der Waals surface area contributed by atoms with Crippen molar-refractivity contribution in [1.29, 1.82) is 5.26 Å². The Kier molecular flexibility index (Phi) is 4.52. The molecule has 0 saturated carbocycles. The Balaban J connectivity index is 2.08. The number of carbonyl (C=O) groups excluding carboxylic acids is 1. The Hall–Kier alpha value is -2.87. The number of aromatic nitrogens is 1. The molecule has 2 aromatic rings. The minimum atomic E-state index is -0.395. The highest BCUT2D eigenvalue weighted by atomic mass is 16.5. The van der Waals surface area contributed by atoms with Crippen molar-refractivity contribution >= 4 is 11.8 Å². The molecule has 0 amide bonds. The molecule has 1 N–H and O–H groups in total. The van der Waals surface area contributed by atoms with Crippen LogP contribution >= 0.6 is 0 Å². The summed E-state index contributed by atoms with van der Waals surface area (Å²) in [5.41, 5.74) is 2.68. The molecule has 0 aliphatic carbocycles. The van der Waals surface area contributed by atoms with Gasteiger partial charge in [-0.25, -0.2) is 9.78 Å². The van der Waals surface area contributed by atoms with Gasteiger partial charge < -0.3 is 10.1 Å². The number of ether oxygens (including phenoxy) is 1. The molecule has 0 atom stereocenters. The molecule has 5 nitrogen and oxygen atoms in total. The van der Waals surface area contributed by atoms with E-state index < -0.39 is 5.97 Å². The summed E-state index contributed by atoms with van der Waals surface area (Å²) in [5, 5.41) is 12.0. The Labute approximate surface area is 123 Å². The van der Waals surface area contributed by atoms with Gasteiger partial charge in [0.1, 0.15) is 5.82 Å². The largest absolute Gasteiger partial charge is 0.465 e. The van der Waals surface area contributed by atoms with Crippen molar-refractivity contribution in [2.75, 3.05) is 12.4 Å². The van der Waals surface area contributed by atoms with Crippen LogP contribution in [0, 0.1) is 18.3 Å². The van der Waals surface area contributed by atoms with E-state index in [1.807, 2.05) is 18.2 Å². The molecule has 0 bridgehead atoms. The number of anilines is 1. The quantitative estimate of drug-likeness (QED) is 0.872. The fraction of sp³-hybridized carbons (Fsp3) is 0.188. The second-order valence-corrected chi connectivity index (χ2v) is 4.49. The van der Waals surface area contributed by atoms with E-state index in [2.05, 4.69) is 21.1 Å². The first kappa shape index (κ1) is 14.5. The van der Waals surface area contributed by atoms with Crippen LogP contribution in [-0.4, -0.2) is 18.1 Å². The van der Waals surface area contributed by atoms with Gasteiger partial charge in [-0.3, -0.25) is 0 Å². The van der Waals surface area contributed by atoms with Gasteiger partial charge in [-0.1, -0.05) is 12.1 Å². The highest BCUT2D eigenvalue weighted by molar-refractivity contribution is 5.90. The average Bonchev–Trinajstić information content (AvgIpc) is 2.52. The third-order valence-electron chi connectivity index (χ3n) is 3.02. The van der Waals surface area contributed by atoms with E-state index in [0.717, 1.165) is 5.56 Å². The smallest absolute Gasteiger partial charge is 0.339 e. The average molecular weight is 281 g/mol. The molecule has 5 heteroatoms. The first-order chi connectivity index (χ1) is 10.1. The van der Waals surface area contributed by atoms with E-state index in [-0.39, 0.29) is 0 Å². The van der Waals surface area contributed by atoms with Gasteiger partial charge in [0.25, 0.3) is 0 Å². The number of hydrogen-bond acceptors (Lipinski definition) is 5. The van der Waals surface area contributed by atoms with Gasteiger partial charge in [0, 0.05) is 6.54 Å². The van der Waals surface area contributed by atoms with Crippen LogP contribution in [0.2, 0.25) is 0 Å². The highest BCUT2D eigenvalue weighted by Crippen LogP contribution is 2.13. The maximum absolute atomic E-state index is 11.5. The fourth-order valence-corrected chi connectivity index (χ4v) is 1.93. The zero-order chi connectivity index (χ0) is 15.2. The Bertz CT molecular complexity index is 705. The van der Waals surface area contributed by atoms with Crippen molar-refractivity contribution < 1.29 is 9.53 Å². The molecular weight excluding hydrogens is 266 g/mol. The molecular formula is C16H15N3O2. The van der Waals surface area contributed by atoms with Crippen molar-refractivity contribution in [3.63, 3.8) is 0 Å². The minimum absolute atomic E-state index is 0.395. The lowest BCUT2D eigenvalue weighted by molar-refractivity contribution is 0.0599. The predicted molar refractivity (Wildman–Crippen MR) is 78.8 cm³/mol. The molecule has 0 unspecified atom stereocenters. The molecule has 106 valence electrons. The number of carbonyl (C=O) groups is 1. The summed E-state index contributed by atoms with van der Waals surface area (Å²) in [5.74, 6) is 0.274. The molecule has 1 aromatic carbocycles. The number of pyridine rings is 1. The second-order valence-electron chi connectivity index (χ2n) is 4.49. The van der Waals surface area contributed by atoms with Crippen molar-refractivity contribution in [1.82, 2.24) is 4.98 Å². The van der Waals surface area contributed by atoms with Crippen LogP contribution in [0.15, 0.2) is 36.4 Å². The number of esters is 1. The van der Waals surface area contributed by atoms with Crippen LogP contribution in [0.1, 0.15) is 27.2 Å². The molecule has 2 rings (SSSR count). The van der Waals surface area contributed by atoms with Crippen LogP contribution < -0.4 is 5.32 Å². The van der Waals surface area contributed by atoms with E-state index in [9.17, 15) is 4.79 Å². The van der Waals surface area contributed by atoms with Crippen molar-refractivity contribution in [2.45, 2.75) is 13.5 Å². The van der Waals surface area contributed by atoms with Gasteiger partial charge in [-0.15, -0.1) is 0 Å². The Morgan fingerprint density at radius 1 is 1.38 bits per heavy atom. The summed E-state index contributed by atoms with van der Waals surface area (Å²) < 4.78 is 4.68. The van der Waals surface area contributed by atoms with Crippen LogP contribution in [0.25, 0.3) is 0 Å². The molecule has 0 aliphatic heterocycles. The number of methoxy groups -OCH3 is 1. The summed E-state index contributed by atoms with van der Waals surface area (Å²) in [4.78, 5) is 15.8. The van der Waals surface area contributed by atoms with Crippen molar-refractivity contribution in [3.05, 3.63) is 58.8 Å². The number of benzene rings is 1. The Morgan fingerprint density at radius 2 is 2.19 bits per heavy atom. The van der Waals surface area contributed by atoms with Crippen molar-refractivity contribution in [3.8, 4) is 6.07 Å². The number of nitrogens with one attached hydrogen (secondary N) is 1. The minimum Gasteiger partial charge on any atom is -0.465 e. The molecule has 1 aromatic heterocycles. The molecule has 0 saturated heterocycles. The molecule has 0 spiro atoms. The van der Waals surface area contributed by atoms with E-state index >= 15 is 0 Å². The monoisotopic (exact) mass is 281 g/mol. The maximum Gasteiger partial charge on any atom is 0.339 e. The topological polar surface area (TPSA) is 75.0 Å². The number of hydrogen-bond donors (Lipinski definition) is 1. The third-order valence-corrected chi connectivity index (χ3v) is 3.02. The number of aryl methyl sites for hydroxylation is 1. The van der Waals surface area contributed by atoms with Gasteiger partial charge in [-0.05, 0) is 36.8 Å². The van der Waals surface area contributed by atoms with Gasteiger partial charge in [0.15, 0.2) is 0 Å². The molecule has 0 aliphatic rings. The van der Waals surface area contributed by atoms with Crippen molar-refractivity contribution in [2.24, 2.45) is 0 Å². The van der Waals surface area contributed by atoms with Crippen LogP contribution in [0.4, 0.5) is 5.82 Å². The van der Waals surface area contributed by atoms with Gasteiger partial charge in [0.2, 0.25) is 0 Å². The first-order valence-corrected chi connectivity index (χ1v) is 6.43. The normalized spacial score (nSPS) is 9.76. The summed E-state index contributed by atoms with van der Waals surface area (Å²) in [7, 11) is 1.34. The van der Waals surface area contributed by atoms with Gasteiger partial charge in [0.05, 0.1) is 30.0 Å². The molecule has 21 heavy (non-hydrogen) atoms. The predicted octanol–water partition coefficient (Wildman–Crippen LogP) is 2.66. The van der Waals surface area contributed by atoms with E-state index in [1.165, 1.54) is 7.11 Å². The van der Waals surface area contributed by atoms with Gasteiger partial charge >= 0.3 is 5.97 Å². The zero-order valence-corrected chi connectivity index (χ0v) is 11.9. The molecule has 0 radical (unpaired) electrons. The third kappa shape index (κ3) is 3.57. The summed E-state index contributed by atoms with van der Waals surface area (Å²) >= 11 is 0.